The fourth-order valence-electron chi connectivity index (χ4n) is 3.37. The van der Waals surface area contributed by atoms with Crippen molar-refractivity contribution in [2.45, 2.75) is 58.6 Å². The summed E-state index contributed by atoms with van der Waals surface area (Å²) in [7, 11) is 0. The van der Waals surface area contributed by atoms with E-state index >= 15 is 0 Å². The van der Waals surface area contributed by atoms with Gasteiger partial charge in [-0.3, -0.25) is 4.90 Å². The minimum atomic E-state index is -0.0993. The molecule has 0 saturated carbocycles. The van der Waals surface area contributed by atoms with Crippen molar-refractivity contribution in [1.29, 1.82) is 0 Å². The lowest BCUT2D eigenvalue weighted by molar-refractivity contribution is 0.131. The Morgan fingerprint density at radius 1 is 1.24 bits per heavy atom. The molecule has 1 unspecified atom stereocenters. The molecule has 3 heteroatoms. The number of para-hydroxylation sites is 1. The van der Waals surface area contributed by atoms with Gasteiger partial charge in [0.25, 0.3) is 0 Å². The van der Waals surface area contributed by atoms with E-state index in [2.05, 4.69) is 50.8 Å². The highest BCUT2D eigenvalue weighted by molar-refractivity contribution is 5.47. The van der Waals surface area contributed by atoms with E-state index < -0.39 is 0 Å². The summed E-state index contributed by atoms with van der Waals surface area (Å²) in [6.07, 6.45) is 3.28. The number of nitrogens with two attached hydrogens (primary N) is 1. The average Bonchev–Trinajstić information content (AvgIpc) is 2.75. The highest BCUT2D eigenvalue weighted by Gasteiger charge is 2.34. The zero-order valence-corrected chi connectivity index (χ0v) is 14.0. The topological polar surface area (TPSA) is 38.5 Å². The zero-order valence-electron chi connectivity index (χ0n) is 14.0. The van der Waals surface area contributed by atoms with Crippen LogP contribution in [0.2, 0.25) is 0 Å². The van der Waals surface area contributed by atoms with Crippen molar-refractivity contribution in [3.63, 3.8) is 0 Å². The molecule has 21 heavy (non-hydrogen) atoms. The normalized spacial score (nSPS) is 17.6. The third-order valence-electron chi connectivity index (χ3n) is 4.17. The first-order valence-electron chi connectivity index (χ1n) is 8.27. The van der Waals surface area contributed by atoms with Gasteiger partial charge in [0.1, 0.15) is 11.4 Å². The number of nitrogens with zero attached hydrogens (tertiary/aromatic N) is 1. The van der Waals surface area contributed by atoms with E-state index in [1.807, 2.05) is 0 Å². The Morgan fingerprint density at radius 2 is 1.90 bits per heavy atom. The quantitative estimate of drug-likeness (QED) is 0.835. The molecule has 118 valence electrons. The van der Waals surface area contributed by atoms with E-state index in [1.54, 1.807) is 0 Å². The lowest BCUT2D eigenvalue weighted by Crippen LogP contribution is -2.35. The first kappa shape index (κ1) is 16.3. The summed E-state index contributed by atoms with van der Waals surface area (Å²) in [4.78, 5) is 2.50. The maximum atomic E-state index is 6.23. The third kappa shape index (κ3) is 3.58. The molecule has 0 bridgehead atoms. The highest BCUT2D eigenvalue weighted by atomic mass is 16.5. The molecular weight excluding hydrogens is 260 g/mol. The zero-order chi connectivity index (χ0) is 15.5. The van der Waals surface area contributed by atoms with Crippen molar-refractivity contribution in [3.05, 3.63) is 29.3 Å². The minimum Gasteiger partial charge on any atom is -0.487 e. The molecule has 1 heterocycles. The first-order valence-corrected chi connectivity index (χ1v) is 8.27. The van der Waals surface area contributed by atoms with E-state index in [4.69, 9.17) is 10.5 Å². The number of hydrogen-bond donors (Lipinski definition) is 1. The second kappa shape index (κ2) is 6.80. The second-order valence-electron chi connectivity index (χ2n) is 6.66. The third-order valence-corrected chi connectivity index (χ3v) is 4.17. The van der Waals surface area contributed by atoms with Crippen molar-refractivity contribution in [2.24, 2.45) is 5.73 Å². The van der Waals surface area contributed by atoms with Crippen molar-refractivity contribution >= 4 is 0 Å². The molecule has 1 aromatic carbocycles. The van der Waals surface area contributed by atoms with Gasteiger partial charge in [0.05, 0.1) is 6.04 Å². The van der Waals surface area contributed by atoms with Crippen LogP contribution in [-0.2, 0) is 6.42 Å². The molecule has 1 atom stereocenters. The maximum absolute atomic E-state index is 6.23. The van der Waals surface area contributed by atoms with Gasteiger partial charge >= 0.3 is 0 Å². The Labute approximate surface area is 129 Å². The van der Waals surface area contributed by atoms with Gasteiger partial charge in [-0.1, -0.05) is 32.0 Å². The molecule has 0 aromatic heterocycles. The summed E-state index contributed by atoms with van der Waals surface area (Å²) in [6, 6.07) is 6.78. The van der Waals surface area contributed by atoms with Crippen LogP contribution < -0.4 is 10.5 Å². The van der Waals surface area contributed by atoms with Crippen LogP contribution in [0.4, 0.5) is 0 Å². The van der Waals surface area contributed by atoms with Gasteiger partial charge in [0.2, 0.25) is 0 Å². The van der Waals surface area contributed by atoms with Gasteiger partial charge in [-0.2, -0.15) is 0 Å². The number of rotatable bonds is 7. The van der Waals surface area contributed by atoms with Gasteiger partial charge in [-0.25, -0.2) is 0 Å². The number of fused-ring (bicyclic) bond motifs is 1. The van der Waals surface area contributed by atoms with Gasteiger partial charge in [-0.05, 0) is 45.3 Å². The molecule has 0 radical (unpaired) electrons. The fourth-order valence-corrected chi connectivity index (χ4v) is 3.37. The highest BCUT2D eigenvalue weighted by Crippen LogP contribution is 2.41. The molecule has 0 amide bonds. The van der Waals surface area contributed by atoms with Crippen LogP contribution in [0.15, 0.2) is 18.2 Å². The summed E-state index contributed by atoms with van der Waals surface area (Å²) >= 11 is 0. The number of ether oxygens (including phenoxy) is 1. The van der Waals surface area contributed by atoms with E-state index in [0.717, 1.165) is 38.1 Å². The van der Waals surface area contributed by atoms with Crippen molar-refractivity contribution in [3.8, 4) is 5.75 Å². The standard InChI is InChI=1S/C18H30N2O/c1-5-10-20(11-6-2)16(13-19)15-9-7-8-14-12-18(3,4)21-17(14)15/h7-9,16H,5-6,10-13,19H2,1-4H3. The smallest absolute Gasteiger partial charge is 0.128 e. The fraction of sp³-hybridized carbons (Fsp3) is 0.667. The maximum Gasteiger partial charge on any atom is 0.128 e. The lowest BCUT2D eigenvalue weighted by atomic mass is 9.97. The van der Waals surface area contributed by atoms with Crippen LogP contribution in [0.1, 0.15) is 57.7 Å². The SMILES string of the molecule is CCCN(CCC)C(CN)c1cccc2c1OC(C)(C)C2. The monoisotopic (exact) mass is 290 g/mol. The van der Waals surface area contributed by atoms with E-state index in [1.165, 1.54) is 11.1 Å². The van der Waals surface area contributed by atoms with Gasteiger partial charge in [0.15, 0.2) is 0 Å². The van der Waals surface area contributed by atoms with Crippen LogP contribution in [0.5, 0.6) is 5.75 Å². The molecule has 1 aliphatic rings. The van der Waals surface area contributed by atoms with Crippen LogP contribution in [-0.4, -0.2) is 30.1 Å². The Bertz CT molecular complexity index is 464. The summed E-state index contributed by atoms with van der Waals surface area (Å²) in [5.41, 5.74) is 8.62. The summed E-state index contributed by atoms with van der Waals surface area (Å²) in [5.74, 6) is 1.08. The predicted octanol–water partition coefficient (Wildman–Crippen LogP) is 3.52. The summed E-state index contributed by atoms with van der Waals surface area (Å²) in [5, 5.41) is 0. The Hall–Kier alpha value is -1.06. The van der Waals surface area contributed by atoms with Crippen molar-refractivity contribution in [1.82, 2.24) is 4.90 Å². The minimum absolute atomic E-state index is 0.0993. The van der Waals surface area contributed by atoms with Crippen LogP contribution >= 0.6 is 0 Å². The molecule has 1 aliphatic heterocycles. The van der Waals surface area contributed by atoms with E-state index in [9.17, 15) is 0 Å². The lowest BCUT2D eigenvalue weighted by Gasteiger charge is -2.32. The van der Waals surface area contributed by atoms with Crippen LogP contribution in [0.25, 0.3) is 0 Å². The van der Waals surface area contributed by atoms with Crippen molar-refractivity contribution in [2.75, 3.05) is 19.6 Å². The summed E-state index contributed by atoms with van der Waals surface area (Å²) < 4.78 is 6.23. The molecular formula is C18H30N2O. The molecule has 0 aliphatic carbocycles. The van der Waals surface area contributed by atoms with E-state index in [0.29, 0.717) is 6.54 Å². The second-order valence-corrected chi connectivity index (χ2v) is 6.66. The average molecular weight is 290 g/mol. The van der Waals surface area contributed by atoms with Gasteiger partial charge < -0.3 is 10.5 Å². The van der Waals surface area contributed by atoms with Crippen molar-refractivity contribution < 1.29 is 4.74 Å². The summed E-state index contributed by atoms with van der Waals surface area (Å²) in [6.45, 7) is 11.6. The largest absolute Gasteiger partial charge is 0.487 e. The molecule has 3 nitrogen and oxygen atoms in total. The Kier molecular flexibility index (Phi) is 5.28. The van der Waals surface area contributed by atoms with Gasteiger partial charge in [-0.15, -0.1) is 0 Å². The molecule has 0 spiro atoms. The van der Waals surface area contributed by atoms with Crippen LogP contribution in [0, 0.1) is 0 Å². The molecule has 0 fully saturated rings. The number of hydrogen-bond acceptors (Lipinski definition) is 3. The van der Waals surface area contributed by atoms with Crippen LogP contribution in [0.3, 0.4) is 0 Å². The Morgan fingerprint density at radius 3 is 2.48 bits per heavy atom. The number of benzene rings is 1. The molecule has 2 rings (SSSR count). The molecule has 0 saturated heterocycles. The van der Waals surface area contributed by atoms with Gasteiger partial charge in [0, 0.05) is 18.5 Å². The predicted molar refractivity (Wildman–Crippen MR) is 88.8 cm³/mol. The van der Waals surface area contributed by atoms with E-state index in [-0.39, 0.29) is 11.6 Å². The first-order chi connectivity index (χ1) is 10.0. The molecule has 2 N–H and O–H groups in total. The Balaban J connectivity index is 2.33. The molecule has 1 aromatic rings.